The van der Waals surface area contributed by atoms with Crippen LogP contribution in [0, 0.1) is 6.92 Å². The van der Waals surface area contributed by atoms with E-state index in [1.807, 2.05) is 48.8 Å². The molecule has 0 N–H and O–H groups in total. The fourth-order valence-corrected chi connectivity index (χ4v) is 3.42. The third-order valence-electron chi connectivity index (χ3n) is 4.72. The zero-order valence-electron chi connectivity index (χ0n) is 14.3. The van der Waals surface area contributed by atoms with Crippen molar-refractivity contribution in [1.82, 2.24) is 9.97 Å². The first-order chi connectivity index (χ1) is 12.8. The highest BCUT2D eigenvalue weighted by Gasteiger charge is 2.14. The SMILES string of the molecule is Cc1cnc(-c2cccc3c2oc2ccccc23)cc1-c1ccccn1. The molecular weight excluding hydrogens is 320 g/mol. The maximum atomic E-state index is 6.16. The number of rotatable bonds is 2. The van der Waals surface area contributed by atoms with Crippen molar-refractivity contribution in [2.45, 2.75) is 6.92 Å². The van der Waals surface area contributed by atoms with Crippen LogP contribution in [0.15, 0.2) is 83.5 Å². The normalized spacial score (nSPS) is 11.3. The van der Waals surface area contributed by atoms with Crippen molar-refractivity contribution in [3.05, 3.63) is 84.7 Å². The number of furan rings is 1. The second-order valence-corrected chi connectivity index (χ2v) is 6.38. The van der Waals surface area contributed by atoms with E-state index in [-0.39, 0.29) is 0 Å². The summed E-state index contributed by atoms with van der Waals surface area (Å²) in [6, 6.07) is 22.4. The molecule has 0 amide bonds. The standard InChI is InChI=1S/C23H16N2O/c1-15-14-25-21(13-19(15)20-10-4-5-12-24-20)18-9-6-8-17-16-7-2-3-11-22(16)26-23(17)18/h2-14H,1H3. The van der Waals surface area contributed by atoms with Gasteiger partial charge in [-0.3, -0.25) is 9.97 Å². The average molecular weight is 336 g/mol. The van der Waals surface area contributed by atoms with Crippen molar-refractivity contribution in [2.24, 2.45) is 0 Å². The van der Waals surface area contributed by atoms with E-state index in [0.717, 1.165) is 50.0 Å². The van der Waals surface area contributed by atoms with E-state index in [9.17, 15) is 0 Å². The van der Waals surface area contributed by atoms with Gasteiger partial charge in [0.25, 0.3) is 0 Å². The minimum absolute atomic E-state index is 0.872. The predicted octanol–water partition coefficient (Wildman–Crippen LogP) is 6.02. The minimum Gasteiger partial charge on any atom is -0.455 e. The number of aromatic nitrogens is 2. The Balaban J connectivity index is 1.76. The summed E-state index contributed by atoms with van der Waals surface area (Å²) < 4.78 is 6.16. The molecule has 0 spiro atoms. The van der Waals surface area contributed by atoms with Gasteiger partial charge in [-0.15, -0.1) is 0 Å². The molecule has 2 aromatic carbocycles. The lowest BCUT2D eigenvalue weighted by Gasteiger charge is -2.08. The van der Waals surface area contributed by atoms with Gasteiger partial charge in [0, 0.05) is 34.3 Å². The Morgan fingerprint density at radius 2 is 1.58 bits per heavy atom. The molecule has 3 nitrogen and oxygen atoms in total. The van der Waals surface area contributed by atoms with Crippen LogP contribution in [0.25, 0.3) is 44.5 Å². The Morgan fingerprint density at radius 3 is 2.46 bits per heavy atom. The molecular formula is C23H16N2O. The van der Waals surface area contributed by atoms with Crippen LogP contribution in [0.2, 0.25) is 0 Å². The molecule has 0 aliphatic heterocycles. The summed E-state index contributed by atoms with van der Waals surface area (Å²) in [6.45, 7) is 2.06. The number of para-hydroxylation sites is 2. The number of pyridine rings is 2. The molecule has 3 heteroatoms. The van der Waals surface area contributed by atoms with Gasteiger partial charge in [0.05, 0.1) is 11.4 Å². The fourth-order valence-electron chi connectivity index (χ4n) is 3.42. The van der Waals surface area contributed by atoms with Crippen LogP contribution in [-0.2, 0) is 0 Å². The quantitative estimate of drug-likeness (QED) is 0.396. The molecule has 0 saturated carbocycles. The number of aryl methyl sites for hydroxylation is 1. The molecule has 5 rings (SSSR count). The van der Waals surface area contributed by atoms with E-state index < -0.39 is 0 Å². The van der Waals surface area contributed by atoms with E-state index in [1.54, 1.807) is 0 Å². The first kappa shape index (κ1) is 14.8. The lowest BCUT2D eigenvalue weighted by Crippen LogP contribution is -1.91. The van der Waals surface area contributed by atoms with Gasteiger partial charge in [0.2, 0.25) is 0 Å². The molecule has 124 valence electrons. The predicted molar refractivity (Wildman–Crippen MR) is 105 cm³/mol. The van der Waals surface area contributed by atoms with Crippen LogP contribution >= 0.6 is 0 Å². The summed E-state index contributed by atoms with van der Waals surface area (Å²) >= 11 is 0. The van der Waals surface area contributed by atoms with Gasteiger partial charge in [0.15, 0.2) is 0 Å². The Bertz CT molecular complexity index is 1240. The molecule has 3 heterocycles. The molecule has 0 radical (unpaired) electrons. The zero-order chi connectivity index (χ0) is 17.5. The van der Waals surface area contributed by atoms with Gasteiger partial charge in [-0.05, 0) is 42.8 Å². The van der Waals surface area contributed by atoms with Crippen LogP contribution in [-0.4, -0.2) is 9.97 Å². The van der Waals surface area contributed by atoms with Crippen molar-refractivity contribution in [3.8, 4) is 22.5 Å². The van der Waals surface area contributed by atoms with Crippen LogP contribution in [0.1, 0.15) is 5.56 Å². The second-order valence-electron chi connectivity index (χ2n) is 6.38. The molecule has 0 bridgehead atoms. The van der Waals surface area contributed by atoms with E-state index in [4.69, 9.17) is 4.42 Å². The summed E-state index contributed by atoms with van der Waals surface area (Å²) in [4.78, 5) is 9.16. The Labute approximate surface area is 151 Å². The lowest BCUT2D eigenvalue weighted by molar-refractivity contribution is 0.670. The van der Waals surface area contributed by atoms with Crippen LogP contribution < -0.4 is 0 Å². The fraction of sp³-hybridized carbons (Fsp3) is 0.0435. The van der Waals surface area contributed by atoms with Gasteiger partial charge >= 0.3 is 0 Å². The number of hydrogen-bond acceptors (Lipinski definition) is 3. The third kappa shape index (κ3) is 2.29. The highest BCUT2D eigenvalue weighted by atomic mass is 16.3. The highest BCUT2D eigenvalue weighted by molar-refractivity contribution is 6.09. The van der Waals surface area contributed by atoms with Gasteiger partial charge in [0.1, 0.15) is 11.2 Å². The Kier molecular flexibility index (Phi) is 3.32. The maximum absolute atomic E-state index is 6.16. The minimum atomic E-state index is 0.872. The number of hydrogen-bond donors (Lipinski definition) is 0. The second kappa shape index (κ2) is 5.81. The van der Waals surface area contributed by atoms with Crippen molar-refractivity contribution in [3.63, 3.8) is 0 Å². The average Bonchev–Trinajstić information content (AvgIpc) is 3.08. The molecule has 0 unspecified atom stereocenters. The first-order valence-electron chi connectivity index (χ1n) is 8.60. The highest BCUT2D eigenvalue weighted by Crippen LogP contribution is 2.36. The van der Waals surface area contributed by atoms with Crippen molar-refractivity contribution in [1.29, 1.82) is 0 Å². The third-order valence-corrected chi connectivity index (χ3v) is 4.72. The first-order valence-corrected chi connectivity index (χ1v) is 8.60. The Morgan fingerprint density at radius 1 is 0.731 bits per heavy atom. The summed E-state index contributed by atoms with van der Waals surface area (Å²) in [5.41, 5.74) is 6.79. The van der Waals surface area contributed by atoms with Gasteiger partial charge in [-0.2, -0.15) is 0 Å². The summed E-state index contributed by atoms with van der Waals surface area (Å²) in [6.07, 6.45) is 3.72. The molecule has 26 heavy (non-hydrogen) atoms. The maximum Gasteiger partial charge on any atom is 0.144 e. The van der Waals surface area contributed by atoms with E-state index in [1.165, 1.54) is 0 Å². The topological polar surface area (TPSA) is 38.9 Å². The van der Waals surface area contributed by atoms with Crippen LogP contribution in [0.3, 0.4) is 0 Å². The largest absolute Gasteiger partial charge is 0.455 e. The van der Waals surface area contributed by atoms with E-state index in [0.29, 0.717) is 0 Å². The monoisotopic (exact) mass is 336 g/mol. The van der Waals surface area contributed by atoms with E-state index in [2.05, 4.69) is 47.2 Å². The molecule has 0 aliphatic carbocycles. The molecule has 0 fully saturated rings. The molecule has 0 atom stereocenters. The summed E-state index contributed by atoms with van der Waals surface area (Å²) in [7, 11) is 0. The molecule has 0 saturated heterocycles. The van der Waals surface area contributed by atoms with Crippen LogP contribution in [0.5, 0.6) is 0 Å². The smallest absolute Gasteiger partial charge is 0.144 e. The van der Waals surface area contributed by atoms with Crippen molar-refractivity contribution in [2.75, 3.05) is 0 Å². The van der Waals surface area contributed by atoms with Gasteiger partial charge in [-0.25, -0.2) is 0 Å². The number of nitrogens with zero attached hydrogens (tertiary/aromatic N) is 2. The molecule has 5 aromatic rings. The van der Waals surface area contributed by atoms with E-state index >= 15 is 0 Å². The molecule has 0 aliphatic rings. The summed E-state index contributed by atoms with van der Waals surface area (Å²) in [5, 5.41) is 2.24. The number of fused-ring (bicyclic) bond motifs is 3. The summed E-state index contributed by atoms with van der Waals surface area (Å²) in [5.74, 6) is 0. The lowest BCUT2D eigenvalue weighted by atomic mass is 10.0. The van der Waals surface area contributed by atoms with Gasteiger partial charge < -0.3 is 4.42 Å². The van der Waals surface area contributed by atoms with Crippen molar-refractivity contribution < 1.29 is 4.42 Å². The number of benzene rings is 2. The Hall–Kier alpha value is -3.46. The van der Waals surface area contributed by atoms with Gasteiger partial charge in [-0.1, -0.05) is 36.4 Å². The zero-order valence-corrected chi connectivity index (χ0v) is 14.3. The molecule has 3 aromatic heterocycles. The van der Waals surface area contributed by atoms with Crippen LogP contribution in [0.4, 0.5) is 0 Å². The van der Waals surface area contributed by atoms with Crippen molar-refractivity contribution >= 4 is 21.9 Å².